The monoisotopic (exact) mass is 387 g/mol. The smallest absolute Gasteiger partial charge is 0.255 e. The van der Waals surface area contributed by atoms with Crippen LogP contribution in [0.15, 0.2) is 71.2 Å². The van der Waals surface area contributed by atoms with Crippen molar-refractivity contribution < 1.29 is 13.6 Å². The first-order valence-corrected chi connectivity index (χ1v) is 7.95. The molecule has 0 unspecified atom stereocenters. The molecule has 2 nitrogen and oxygen atoms in total. The van der Waals surface area contributed by atoms with Gasteiger partial charge < -0.3 is 5.32 Å². The number of rotatable bonds is 3. The van der Waals surface area contributed by atoms with Gasteiger partial charge in [-0.15, -0.1) is 0 Å². The molecule has 3 aromatic rings. The van der Waals surface area contributed by atoms with Gasteiger partial charge in [0.05, 0.1) is 5.69 Å². The Morgan fingerprint density at radius 1 is 0.875 bits per heavy atom. The van der Waals surface area contributed by atoms with Gasteiger partial charge in [-0.1, -0.05) is 42.5 Å². The summed E-state index contributed by atoms with van der Waals surface area (Å²) in [7, 11) is 0. The Hall–Kier alpha value is -2.53. The molecule has 1 N–H and O–H groups in total. The van der Waals surface area contributed by atoms with Crippen molar-refractivity contribution in [3.63, 3.8) is 0 Å². The second-order valence-electron chi connectivity index (χ2n) is 5.14. The SMILES string of the molecule is O=C(Nc1c(F)cc(F)cc1Br)c1ccc(-c2ccccc2)cc1. The average molecular weight is 388 g/mol. The average Bonchev–Trinajstić information content (AvgIpc) is 2.59. The highest BCUT2D eigenvalue weighted by Crippen LogP contribution is 2.27. The largest absolute Gasteiger partial charge is 0.319 e. The number of halogens is 3. The number of amides is 1. The molecule has 0 aromatic heterocycles. The third-order valence-corrected chi connectivity index (χ3v) is 4.13. The fourth-order valence-corrected chi connectivity index (χ4v) is 2.80. The fourth-order valence-electron chi connectivity index (χ4n) is 2.29. The highest BCUT2D eigenvalue weighted by atomic mass is 79.9. The van der Waals surface area contributed by atoms with Gasteiger partial charge in [0.2, 0.25) is 0 Å². The van der Waals surface area contributed by atoms with E-state index in [2.05, 4.69) is 21.2 Å². The van der Waals surface area contributed by atoms with Crippen LogP contribution in [0.25, 0.3) is 11.1 Å². The zero-order valence-corrected chi connectivity index (χ0v) is 14.0. The number of hydrogen-bond acceptors (Lipinski definition) is 1. The van der Waals surface area contributed by atoms with Gasteiger partial charge in [-0.05, 0) is 45.3 Å². The molecule has 0 saturated carbocycles. The molecule has 0 fully saturated rings. The second-order valence-corrected chi connectivity index (χ2v) is 6.00. The molecular weight excluding hydrogens is 376 g/mol. The van der Waals surface area contributed by atoms with E-state index in [1.807, 2.05) is 42.5 Å². The molecular formula is C19H12BrF2NO. The van der Waals surface area contributed by atoms with Gasteiger partial charge in [0.15, 0.2) is 5.82 Å². The lowest BCUT2D eigenvalue weighted by Gasteiger charge is -2.09. The minimum absolute atomic E-state index is 0.0893. The third-order valence-electron chi connectivity index (χ3n) is 3.50. The predicted molar refractivity (Wildman–Crippen MR) is 93.9 cm³/mol. The number of benzene rings is 3. The maximum Gasteiger partial charge on any atom is 0.255 e. The van der Waals surface area contributed by atoms with Gasteiger partial charge in [0.25, 0.3) is 5.91 Å². The van der Waals surface area contributed by atoms with E-state index in [0.717, 1.165) is 23.3 Å². The Balaban J connectivity index is 1.81. The summed E-state index contributed by atoms with van der Waals surface area (Å²) < 4.78 is 27.0. The molecule has 0 atom stereocenters. The molecule has 0 aliphatic carbocycles. The van der Waals surface area contributed by atoms with Crippen LogP contribution in [0.2, 0.25) is 0 Å². The lowest BCUT2D eigenvalue weighted by atomic mass is 10.0. The molecule has 0 bridgehead atoms. The van der Waals surface area contributed by atoms with Crippen molar-refractivity contribution in [1.82, 2.24) is 0 Å². The summed E-state index contributed by atoms with van der Waals surface area (Å²) in [6.45, 7) is 0. The van der Waals surface area contributed by atoms with Crippen molar-refractivity contribution in [3.8, 4) is 11.1 Å². The highest BCUT2D eigenvalue weighted by molar-refractivity contribution is 9.10. The molecule has 0 radical (unpaired) electrons. The van der Waals surface area contributed by atoms with Gasteiger partial charge in [0, 0.05) is 16.1 Å². The van der Waals surface area contributed by atoms with Crippen molar-refractivity contribution in [3.05, 3.63) is 88.4 Å². The number of anilines is 1. The van der Waals surface area contributed by atoms with Crippen LogP contribution in [0.1, 0.15) is 10.4 Å². The van der Waals surface area contributed by atoms with Crippen LogP contribution in [-0.4, -0.2) is 5.91 Å². The second kappa shape index (κ2) is 6.93. The van der Waals surface area contributed by atoms with Crippen LogP contribution in [0.4, 0.5) is 14.5 Å². The Bertz CT molecular complexity index is 857. The maximum atomic E-state index is 13.8. The summed E-state index contributed by atoms with van der Waals surface area (Å²) in [5.41, 5.74) is 2.30. The minimum atomic E-state index is -0.837. The van der Waals surface area contributed by atoms with Crippen molar-refractivity contribution in [2.45, 2.75) is 0 Å². The number of nitrogens with one attached hydrogen (secondary N) is 1. The Kier molecular flexibility index (Phi) is 4.71. The Labute approximate surface area is 146 Å². The molecule has 5 heteroatoms. The lowest BCUT2D eigenvalue weighted by molar-refractivity contribution is 0.102. The van der Waals surface area contributed by atoms with Gasteiger partial charge in [0.1, 0.15) is 5.82 Å². The van der Waals surface area contributed by atoms with Crippen LogP contribution in [0.3, 0.4) is 0 Å². The molecule has 0 aliphatic heterocycles. The normalized spacial score (nSPS) is 10.5. The molecule has 0 spiro atoms. The molecule has 120 valence electrons. The standard InChI is InChI=1S/C19H12BrF2NO/c20-16-10-15(21)11-17(22)18(16)23-19(24)14-8-6-13(7-9-14)12-4-2-1-3-5-12/h1-11H,(H,23,24). The van der Waals surface area contributed by atoms with E-state index < -0.39 is 17.5 Å². The maximum absolute atomic E-state index is 13.8. The van der Waals surface area contributed by atoms with E-state index in [9.17, 15) is 13.6 Å². The van der Waals surface area contributed by atoms with Gasteiger partial charge >= 0.3 is 0 Å². The van der Waals surface area contributed by atoms with Crippen molar-refractivity contribution in [1.29, 1.82) is 0 Å². The van der Waals surface area contributed by atoms with E-state index >= 15 is 0 Å². The molecule has 3 aromatic carbocycles. The van der Waals surface area contributed by atoms with Crippen LogP contribution < -0.4 is 5.32 Å². The number of carbonyl (C=O) groups excluding carboxylic acids is 1. The van der Waals surface area contributed by atoms with Crippen LogP contribution in [-0.2, 0) is 0 Å². The number of hydrogen-bond donors (Lipinski definition) is 1. The van der Waals surface area contributed by atoms with Crippen LogP contribution in [0, 0.1) is 11.6 Å². The number of carbonyl (C=O) groups is 1. The third kappa shape index (κ3) is 3.51. The molecule has 0 aliphatic rings. The summed E-state index contributed by atoms with van der Waals surface area (Å²) in [5, 5.41) is 2.45. The quantitative estimate of drug-likeness (QED) is 0.618. The molecule has 0 heterocycles. The summed E-state index contributed by atoms with van der Waals surface area (Å²) >= 11 is 3.05. The molecule has 0 saturated heterocycles. The summed E-state index contributed by atoms with van der Waals surface area (Å²) in [6.07, 6.45) is 0. The first kappa shape index (κ1) is 16.3. The summed E-state index contributed by atoms with van der Waals surface area (Å²) in [5.74, 6) is -2.03. The zero-order valence-electron chi connectivity index (χ0n) is 12.4. The fraction of sp³-hybridized carbons (Fsp3) is 0. The first-order chi connectivity index (χ1) is 11.5. The zero-order chi connectivity index (χ0) is 17.1. The molecule has 24 heavy (non-hydrogen) atoms. The predicted octanol–water partition coefficient (Wildman–Crippen LogP) is 5.65. The minimum Gasteiger partial charge on any atom is -0.319 e. The van der Waals surface area contributed by atoms with Gasteiger partial charge in [-0.2, -0.15) is 0 Å². The topological polar surface area (TPSA) is 29.1 Å². The van der Waals surface area contributed by atoms with Crippen molar-refractivity contribution >= 4 is 27.5 Å². The van der Waals surface area contributed by atoms with E-state index in [0.29, 0.717) is 5.56 Å². The van der Waals surface area contributed by atoms with E-state index in [1.165, 1.54) is 0 Å². The summed E-state index contributed by atoms with van der Waals surface area (Å²) in [4.78, 5) is 12.3. The Morgan fingerprint density at radius 3 is 2.12 bits per heavy atom. The van der Waals surface area contributed by atoms with E-state index in [4.69, 9.17) is 0 Å². The van der Waals surface area contributed by atoms with Crippen molar-refractivity contribution in [2.75, 3.05) is 5.32 Å². The van der Waals surface area contributed by atoms with E-state index in [1.54, 1.807) is 12.1 Å². The van der Waals surface area contributed by atoms with Crippen molar-refractivity contribution in [2.24, 2.45) is 0 Å². The van der Waals surface area contributed by atoms with E-state index in [-0.39, 0.29) is 10.2 Å². The van der Waals surface area contributed by atoms with Gasteiger partial charge in [-0.3, -0.25) is 4.79 Å². The molecule has 3 rings (SSSR count). The van der Waals surface area contributed by atoms with Crippen LogP contribution >= 0.6 is 15.9 Å². The Morgan fingerprint density at radius 2 is 1.50 bits per heavy atom. The lowest BCUT2D eigenvalue weighted by Crippen LogP contribution is -2.13. The first-order valence-electron chi connectivity index (χ1n) is 7.16. The summed E-state index contributed by atoms with van der Waals surface area (Å²) in [6, 6.07) is 18.5. The van der Waals surface area contributed by atoms with Crippen LogP contribution in [0.5, 0.6) is 0 Å². The molecule has 1 amide bonds. The highest BCUT2D eigenvalue weighted by Gasteiger charge is 2.14. The van der Waals surface area contributed by atoms with Gasteiger partial charge in [-0.25, -0.2) is 8.78 Å².